The molecule has 33 heavy (non-hydrogen) atoms. The number of rotatable bonds is 8. The molecule has 3 aromatic carbocycles. The standard InChI is InChI=1S/C26H28N4O3/c1-32-21-12-10-20(11-13-21)29-26(31)24-15-23(17-30(24)16-18-6-3-2-4-7-18)33-22-9-5-8-19(14-22)25(27)28/h2-14,23-24H,15-17H2,1H3,(H3,27,28)(H,29,31)/t23-,24+/m1/s1. The van der Waals surface area contributed by atoms with Gasteiger partial charge in [0.05, 0.1) is 13.2 Å². The van der Waals surface area contributed by atoms with Gasteiger partial charge in [-0.3, -0.25) is 15.1 Å². The summed E-state index contributed by atoms with van der Waals surface area (Å²) < 4.78 is 11.4. The van der Waals surface area contributed by atoms with Crippen LogP contribution in [-0.2, 0) is 11.3 Å². The molecule has 0 aliphatic carbocycles. The number of nitrogens with zero attached hydrogens (tertiary/aromatic N) is 1. The minimum Gasteiger partial charge on any atom is -0.497 e. The number of carbonyl (C=O) groups excluding carboxylic acids is 1. The molecule has 0 radical (unpaired) electrons. The molecule has 2 atom stereocenters. The first kappa shape index (κ1) is 22.4. The molecule has 1 fully saturated rings. The van der Waals surface area contributed by atoms with Gasteiger partial charge in [-0.25, -0.2) is 0 Å². The van der Waals surface area contributed by atoms with E-state index in [4.69, 9.17) is 20.6 Å². The minimum atomic E-state index is -0.340. The summed E-state index contributed by atoms with van der Waals surface area (Å²) >= 11 is 0. The molecule has 1 aliphatic heterocycles. The number of likely N-dealkylation sites (tertiary alicyclic amines) is 1. The van der Waals surface area contributed by atoms with Crippen LogP contribution in [0.1, 0.15) is 17.5 Å². The van der Waals surface area contributed by atoms with Crippen molar-refractivity contribution < 1.29 is 14.3 Å². The SMILES string of the molecule is COc1ccc(NC(=O)[C@@H]2C[C@@H](Oc3cccc(C(=N)N)c3)CN2Cc2ccccc2)cc1. The van der Waals surface area contributed by atoms with Crippen LogP contribution in [0.3, 0.4) is 0 Å². The van der Waals surface area contributed by atoms with Gasteiger partial charge in [-0.2, -0.15) is 0 Å². The second-order valence-electron chi connectivity index (χ2n) is 8.07. The number of benzene rings is 3. The second kappa shape index (κ2) is 10.2. The summed E-state index contributed by atoms with van der Waals surface area (Å²) in [5.41, 5.74) is 8.08. The van der Waals surface area contributed by atoms with E-state index >= 15 is 0 Å². The first-order valence-corrected chi connectivity index (χ1v) is 10.9. The normalized spacial score (nSPS) is 18.0. The van der Waals surface area contributed by atoms with Gasteiger partial charge in [0.25, 0.3) is 0 Å². The molecule has 0 spiro atoms. The second-order valence-corrected chi connectivity index (χ2v) is 8.07. The van der Waals surface area contributed by atoms with Gasteiger partial charge in [-0.05, 0) is 42.0 Å². The summed E-state index contributed by atoms with van der Waals surface area (Å²) in [6.45, 7) is 1.26. The first-order chi connectivity index (χ1) is 16.0. The van der Waals surface area contributed by atoms with E-state index in [1.165, 1.54) is 0 Å². The fraction of sp³-hybridized carbons (Fsp3) is 0.231. The first-order valence-electron chi connectivity index (χ1n) is 10.9. The minimum absolute atomic E-state index is 0.00526. The summed E-state index contributed by atoms with van der Waals surface area (Å²) in [6.07, 6.45) is 0.390. The van der Waals surface area contributed by atoms with E-state index in [1.807, 2.05) is 54.6 Å². The monoisotopic (exact) mass is 444 g/mol. The van der Waals surface area contributed by atoms with Crippen LogP contribution < -0.4 is 20.5 Å². The summed E-state index contributed by atoms with van der Waals surface area (Å²) in [7, 11) is 1.61. The Morgan fingerprint density at radius 1 is 1.06 bits per heavy atom. The zero-order chi connectivity index (χ0) is 23.2. The number of ether oxygens (including phenoxy) is 2. The van der Waals surface area contributed by atoms with Crippen LogP contribution in [0.2, 0.25) is 0 Å². The molecular weight excluding hydrogens is 416 g/mol. The largest absolute Gasteiger partial charge is 0.497 e. The number of anilines is 1. The van der Waals surface area contributed by atoms with Crippen molar-refractivity contribution in [2.24, 2.45) is 5.73 Å². The number of hydrogen-bond acceptors (Lipinski definition) is 5. The average Bonchev–Trinajstić information content (AvgIpc) is 3.22. The van der Waals surface area contributed by atoms with Crippen molar-refractivity contribution in [2.75, 3.05) is 19.0 Å². The molecule has 0 saturated carbocycles. The van der Waals surface area contributed by atoms with Crippen molar-refractivity contribution in [1.29, 1.82) is 5.41 Å². The van der Waals surface area contributed by atoms with Gasteiger partial charge in [0.1, 0.15) is 23.4 Å². The van der Waals surface area contributed by atoms with Crippen LogP contribution in [0.15, 0.2) is 78.9 Å². The highest BCUT2D eigenvalue weighted by atomic mass is 16.5. The Bertz CT molecular complexity index is 1100. The third-order valence-electron chi connectivity index (χ3n) is 5.70. The van der Waals surface area contributed by atoms with E-state index in [0.29, 0.717) is 30.8 Å². The van der Waals surface area contributed by atoms with Crippen molar-refractivity contribution >= 4 is 17.4 Å². The van der Waals surface area contributed by atoms with Crippen LogP contribution in [0.5, 0.6) is 11.5 Å². The van der Waals surface area contributed by atoms with E-state index in [-0.39, 0.29) is 23.9 Å². The summed E-state index contributed by atoms with van der Waals surface area (Å²) in [5.74, 6) is 1.30. The lowest BCUT2D eigenvalue weighted by Crippen LogP contribution is -2.39. The number of carbonyl (C=O) groups is 1. The van der Waals surface area contributed by atoms with Gasteiger partial charge in [-0.1, -0.05) is 42.5 Å². The Labute approximate surface area is 193 Å². The molecule has 7 nitrogen and oxygen atoms in total. The number of nitrogen functional groups attached to an aromatic ring is 1. The van der Waals surface area contributed by atoms with E-state index in [2.05, 4.69) is 22.3 Å². The summed E-state index contributed by atoms with van der Waals surface area (Å²) in [5, 5.41) is 10.7. The molecule has 4 N–H and O–H groups in total. The maximum absolute atomic E-state index is 13.2. The maximum atomic E-state index is 13.2. The Kier molecular flexibility index (Phi) is 6.90. The smallest absolute Gasteiger partial charge is 0.241 e. The van der Waals surface area contributed by atoms with Crippen LogP contribution in [0.4, 0.5) is 5.69 Å². The number of amides is 1. The highest BCUT2D eigenvalue weighted by Gasteiger charge is 2.38. The fourth-order valence-electron chi connectivity index (χ4n) is 4.04. The Morgan fingerprint density at radius 3 is 2.52 bits per heavy atom. The summed E-state index contributed by atoms with van der Waals surface area (Å²) in [4.78, 5) is 15.4. The number of hydrogen-bond donors (Lipinski definition) is 3. The van der Waals surface area contributed by atoms with Gasteiger partial charge in [0.15, 0.2) is 0 Å². The highest BCUT2D eigenvalue weighted by molar-refractivity contribution is 5.95. The van der Waals surface area contributed by atoms with Crippen LogP contribution >= 0.6 is 0 Å². The quantitative estimate of drug-likeness (QED) is 0.364. The van der Waals surface area contributed by atoms with Gasteiger partial charge in [-0.15, -0.1) is 0 Å². The molecule has 1 amide bonds. The molecule has 1 aliphatic rings. The Balaban J connectivity index is 1.49. The zero-order valence-corrected chi connectivity index (χ0v) is 18.5. The fourth-order valence-corrected chi connectivity index (χ4v) is 4.04. The van der Waals surface area contributed by atoms with Crippen molar-refractivity contribution in [1.82, 2.24) is 4.90 Å². The van der Waals surface area contributed by atoms with Gasteiger partial charge >= 0.3 is 0 Å². The van der Waals surface area contributed by atoms with Crippen LogP contribution in [0.25, 0.3) is 0 Å². The average molecular weight is 445 g/mol. The zero-order valence-electron chi connectivity index (χ0n) is 18.5. The van der Waals surface area contributed by atoms with E-state index in [0.717, 1.165) is 17.0 Å². The number of amidine groups is 1. The van der Waals surface area contributed by atoms with Gasteiger partial charge in [0.2, 0.25) is 5.91 Å². The molecule has 0 bridgehead atoms. The molecule has 3 aromatic rings. The maximum Gasteiger partial charge on any atom is 0.241 e. The molecule has 1 heterocycles. The Hall–Kier alpha value is -3.84. The molecule has 4 rings (SSSR count). The number of nitrogens with one attached hydrogen (secondary N) is 2. The van der Waals surface area contributed by atoms with Gasteiger partial charge < -0.3 is 20.5 Å². The lowest BCUT2D eigenvalue weighted by atomic mass is 10.1. The molecule has 7 heteroatoms. The predicted octanol–water partition coefficient (Wildman–Crippen LogP) is 3.64. The van der Waals surface area contributed by atoms with Crippen molar-refractivity contribution in [2.45, 2.75) is 25.1 Å². The third kappa shape index (κ3) is 5.70. The van der Waals surface area contributed by atoms with E-state index in [1.54, 1.807) is 19.2 Å². The third-order valence-corrected chi connectivity index (χ3v) is 5.70. The molecule has 170 valence electrons. The lowest BCUT2D eigenvalue weighted by molar-refractivity contribution is -0.120. The number of nitrogens with two attached hydrogens (primary N) is 1. The Morgan fingerprint density at radius 2 is 1.82 bits per heavy atom. The van der Waals surface area contributed by atoms with Gasteiger partial charge in [0, 0.05) is 30.8 Å². The van der Waals surface area contributed by atoms with E-state index < -0.39 is 0 Å². The van der Waals surface area contributed by atoms with Crippen LogP contribution in [-0.4, -0.2) is 42.4 Å². The topological polar surface area (TPSA) is 101 Å². The molecule has 0 aromatic heterocycles. The molecule has 1 saturated heterocycles. The highest BCUT2D eigenvalue weighted by Crippen LogP contribution is 2.27. The van der Waals surface area contributed by atoms with Crippen molar-refractivity contribution in [3.63, 3.8) is 0 Å². The summed E-state index contributed by atoms with van der Waals surface area (Å²) in [6, 6.07) is 24.2. The van der Waals surface area contributed by atoms with E-state index in [9.17, 15) is 4.79 Å². The molecule has 0 unspecified atom stereocenters. The molecular formula is C26H28N4O3. The van der Waals surface area contributed by atoms with Crippen LogP contribution in [0, 0.1) is 5.41 Å². The predicted molar refractivity (Wildman–Crippen MR) is 129 cm³/mol. The van der Waals surface area contributed by atoms with Crippen molar-refractivity contribution in [3.8, 4) is 11.5 Å². The van der Waals surface area contributed by atoms with Crippen molar-refractivity contribution in [3.05, 3.63) is 90.0 Å². The lowest BCUT2D eigenvalue weighted by Gasteiger charge is -2.23. The number of methoxy groups -OCH3 is 1.